The van der Waals surface area contributed by atoms with E-state index >= 15 is 0 Å². The first-order valence-electron chi connectivity index (χ1n) is 4.15. The van der Waals surface area contributed by atoms with Crippen molar-refractivity contribution in [3.05, 3.63) is 40.4 Å². The standard InChI is InChI=1S/C11H11ClO2/c1-8-5-9(7-10(12)6-8)3-4-11(13)14-2/h3-7H,1-2H3/b4-3+. The summed E-state index contributed by atoms with van der Waals surface area (Å²) in [6.07, 6.45) is 3.04. The lowest BCUT2D eigenvalue weighted by atomic mass is 10.1. The number of carbonyl (C=O) groups is 1. The van der Waals surface area contributed by atoms with Crippen molar-refractivity contribution in [2.45, 2.75) is 6.92 Å². The molecule has 2 nitrogen and oxygen atoms in total. The Morgan fingerprint density at radius 1 is 1.43 bits per heavy atom. The summed E-state index contributed by atoms with van der Waals surface area (Å²) in [5.74, 6) is -0.373. The molecule has 0 aliphatic heterocycles. The van der Waals surface area contributed by atoms with E-state index in [9.17, 15) is 4.79 Å². The van der Waals surface area contributed by atoms with Crippen LogP contribution in [0.3, 0.4) is 0 Å². The van der Waals surface area contributed by atoms with Gasteiger partial charge in [0.05, 0.1) is 7.11 Å². The van der Waals surface area contributed by atoms with Gasteiger partial charge in [-0.15, -0.1) is 0 Å². The van der Waals surface area contributed by atoms with E-state index in [0.717, 1.165) is 11.1 Å². The fourth-order valence-electron chi connectivity index (χ4n) is 1.09. The zero-order valence-electron chi connectivity index (χ0n) is 8.08. The Kier molecular flexibility index (Phi) is 3.72. The molecule has 0 aliphatic rings. The van der Waals surface area contributed by atoms with Gasteiger partial charge in [-0.3, -0.25) is 0 Å². The van der Waals surface area contributed by atoms with Crippen LogP contribution in [0.1, 0.15) is 11.1 Å². The fourth-order valence-corrected chi connectivity index (χ4v) is 1.39. The third-order valence-electron chi connectivity index (χ3n) is 1.68. The van der Waals surface area contributed by atoms with Crippen molar-refractivity contribution >= 4 is 23.6 Å². The second-order valence-electron chi connectivity index (χ2n) is 2.92. The normalized spacial score (nSPS) is 10.5. The van der Waals surface area contributed by atoms with E-state index in [1.54, 1.807) is 12.1 Å². The summed E-state index contributed by atoms with van der Waals surface area (Å²) in [7, 11) is 1.34. The number of rotatable bonds is 2. The Labute approximate surface area is 88.1 Å². The quantitative estimate of drug-likeness (QED) is 0.554. The molecule has 0 aliphatic carbocycles. The van der Waals surface area contributed by atoms with E-state index in [1.807, 2.05) is 19.1 Å². The van der Waals surface area contributed by atoms with Crippen LogP contribution < -0.4 is 0 Å². The largest absolute Gasteiger partial charge is 0.466 e. The average molecular weight is 211 g/mol. The van der Waals surface area contributed by atoms with Gasteiger partial charge in [-0.05, 0) is 36.3 Å². The van der Waals surface area contributed by atoms with E-state index < -0.39 is 0 Å². The second kappa shape index (κ2) is 4.82. The molecule has 1 rings (SSSR count). The van der Waals surface area contributed by atoms with E-state index in [-0.39, 0.29) is 5.97 Å². The van der Waals surface area contributed by atoms with Crippen molar-refractivity contribution in [3.8, 4) is 0 Å². The lowest BCUT2D eigenvalue weighted by molar-refractivity contribution is -0.134. The molecule has 0 saturated heterocycles. The third-order valence-corrected chi connectivity index (χ3v) is 1.90. The van der Waals surface area contributed by atoms with Crippen LogP contribution in [-0.4, -0.2) is 13.1 Å². The number of benzene rings is 1. The molecular formula is C11H11ClO2. The first-order valence-corrected chi connectivity index (χ1v) is 4.53. The Hall–Kier alpha value is -1.28. The molecule has 14 heavy (non-hydrogen) atoms. The number of esters is 1. The summed E-state index contributed by atoms with van der Waals surface area (Å²) in [5.41, 5.74) is 1.95. The highest BCUT2D eigenvalue weighted by atomic mass is 35.5. The molecule has 0 spiro atoms. The van der Waals surface area contributed by atoms with Gasteiger partial charge in [0.25, 0.3) is 0 Å². The molecule has 0 bridgehead atoms. The van der Waals surface area contributed by atoms with Crippen LogP contribution >= 0.6 is 11.6 Å². The maximum Gasteiger partial charge on any atom is 0.330 e. The van der Waals surface area contributed by atoms with Crippen LogP contribution in [0, 0.1) is 6.92 Å². The molecule has 0 amide bonds. The SMILES string of the molecule is COC(=O)/C=C/c1cc(C)cc(Cl)c1. The minimum absolute atomic E-state index is 0.373. The second-order valence-corrected chi connectivity index (χ2v) is 3.35. The molecule has 0 atom stereocenters. The molecule has 1 aromatic rings. The fraction of sp³-hybridized carbons (Fsp3) is 0.182. The van der Waals surface area contributed by atoms with Crippen molar-refractivity contribution in [1.29, 1.82) is 0 Å². The van der Waals surface area contributed by atoms with E-state index in [2.05, 4.69) is 4.74 Å². The number of ether oxygens (including phenoxy) is 1. The Morgan fingerprint density at radius 3 is 2.71 bits per heavy atom. The van der Waals surface area contributed by atoms with Gasteiger partial charge in [0, 0.05) is 11.1 Å². The van der Waals surface area contributed by atoms with Crippen LogP contribution in [0.4, 0.5) is 0 Å². The average Bonchev–Trinajstić information content (AvgIpc) is 2.12. The molecule has 0 heterocycles. The zero-order chi connectivity index (χ0) is 10.6. The van der Waals surface area contributed by atoms with E-state index in [4.69, 9.17) is 11.6 Å². The van der Waals surface area contributed by atoms with Crippen molar-refractivity contribution in [1.82, 2.24) is 0 Å². The monoisotopic (exact) mass is 210 g/mol. The molecule has 3 heteroatoms. The summed E-state index contributed by atoms with van der Waals surface area (Å²) >= 11 is 5.85. The molecule has 0 saturated carbocycles. The summed E-state index contributed by atoms with van der Waals surface area (Å²) in [5, 5.41) is 0.662. The first kappa shape index (κ1) is 10.8. The van der Waals surface area contributed by atoms with E-state index in [1.165, 1.54) is 13.2 Å². The highest BCUT2D eigenvalue weighted by Crippen LogP contribution is 2.15. The highest BCUT2D eigenvalue weighted by molar-refractivity contribution is 6.30. The molecule has 0 aromatic heterocycles. The van der Waals surface area contributed by atoms with Crippen LogP contribution in [0.15, 0.2) is 24.3 Å². The Bertz CT molecular complexity index is 349. The summed E-state index contributed by atoms with van der Waals surface area (Å²) in [6, 6.07) is 5.58. The Morgan fingerprint density at radius 2 is 2.14 bits per heavy atom. The van der Waals surface area contributed by atoms with Gasteiger partial charge in [0.1, 0.15) is 0 Å². The smallest absolute Gasteiger partial charge is 0.330 e. The predicted molar refractivity (Wildman–Crippen MR) is 57.2 cm³/mol. The number of hydrogen-bond donors (Lipinski definition) is 0. The van der Waals surface area contributed by atoms with Crippen LogP contribution in [0.25, 0.3) is 6.08 Å². The molecule has 0 N–H and O–H groups in total. The van der Waals surface area contributed by atoms with Gasteiger partial charge in [0.15, 0.2) is 0 Å². The minimum atomic E-state index is -0.373. The summed E-state index contributed by atoms with van der Waals surface area (Å²) in [6.45, 7) is 1.95. The summed E-state index contributed by atoms with van der Waals surface area (Å²) < 4.78 is 4.47. The van der Waals surface area contributed by atoms with Gasteiger partial charge < -0.3 is 4.74 Å². The lowest BCUT2D eigenvalue weighted by Gasteiger charge is -1.98. The van der Waals surface area contributed by atoms with Gasteiger partial charge in [-0.1, -0.05) is 17.7 Å². The zero-order valence-corrected chi connectivity index (χ0v) is 8.84. The molecule has 0 radical (unpaired) electrons. The number of carbonyl (C=O) groups excluding carboxylic acids is 1. The van der Waals surface area contributed by atoms with Crippen molar-refractivity contribution in [2.24, 2.45) is 0 Å². The van der Waals surface area contributed by atoms with Crippen molar-refractivity contribution in [3.63, 3.8) is 0 Å². The van der Waals surface area contributed by atoms with Crippen molar-refractivity contribution in [2.75, 3.05) is 7.11 Å². The third kappa shape index (κ3) is 3.23. The minimum Gasteiger partial charge on any atom is -0.466 e. The number of hydrogen-bond acceptors (Lipinski definition) is 2. The molecule has 0 fully saturated rings. The number of aryl methyl sites for hydroxylation is 1. The van der Waals surface area contributed by atoms with Crippen LogP contribution in [0.5, 0.6) is 0 Å². The molecular weight excluding hydrogens is 200 g/mol. The van der Waals surface area contributed by atoms with Gasteiger partial charge >= 0.3 is 5.97 Å². The molecule has 0 unspecified atom stereocenters. The Balaban J connectivity index is 2.86. The van der Waals surface area contributed by atoms with Gasteiger partial charge in [0.2, 0.25) is 0 Å². The summed E-state index contributed by atoms with van der Waals surface area (Å²) in [4.78, 5) is 10.8. The molecule has 74 valence electrons. The predicted octanol–water partition coefficient (Wildman–Crippen LogP) is 2.83. The van der Waals surface area contributed by atoms with Gasteiger partial charge in [-0.2, -0.15) is 0 Å². The number of methoxy groups -OCH3 is 1. The first-order chi connectivity index (χ1) is 6.61. The lowest BCUT2D eigenvalue weighted by Crippen LogP contribution is -1.93. The van der Waals surface area contributed by atoms with Gasteiger partial charge in [-0.25, -0.2) is 4.79 Å². The molecule has 1 aromatic carbocycles. The highest BCUT2D eigenvalue weighted by Gasteiger charge is 1.95. The van der Waals surface area contributed by atoms with Crippen molar-refractivity contribution < 1.29 is 9.53 Å². The maximum atomic E-state index is 10.8. The maximum absolute atomic E-state index is 10.8. The van der Waals surface area contributed by atoms with E-state index in [0.29, 0.717) is 5.02 Å². The topological polar surface area (TPSA) is 26.3 Å². The number of halogens is 1. The van der Waals surface area contributed by atoms with Crippen LogP contribution in [-0.2, 0) is 9.53 Å². The van der Waals surface area contributed by atoms with Crippen LogP contribution in [0.2, 0.25) is 5.02 Å².